The van der Waals surface area contributed by atoms with Crippen LogP contribution >= 0.6 is 22.7 Å². The Bertz CT molecular complexity index is 543. The molecule has 0 aliphatic carbocycles. The van der Waals surface area contributed by atoms with Crippen molar-refractivity contribution in [3.63, 3.8) is 0 Å². The fourth-order valence-corrected chi connectivity index (χ4v) is 3.77. The van der Waals surface area contributed by atoms with Crippen LogP contribution in [-0.2, 0) is 19.4 Å². The van der Waals surface area contributed by atoms with Crippen molar-refractivity contribution in [2.75, 3.05) is 6.54 Å². The van der Waals surface area contributed by atoms with E-state index in [4.69, 9.17) is 4.98 Å². The lowest BCUT2D eigenvalue weighted by Crippen LogP contribution is -2.12. The van der Waals surface area contributed by atoms with Crippen LogP contribution < -0.4 is 5.32 Å². The van der Waals surface area contributed by atoms with Gasteiger partial charge in [0, 0.05) is 23.2 Å². The van der Waals surface area contributed by atoms with Crippen molar-refractivity contribution >= 4 is 22.7 Å². The number of thiazole rings is 2. The standard InChI is InChI=1S/C15H23N3S2/c1-5-16-8-14-13(6-10(2)3)18-15(20-14)7-12-9-19-11(4)17-12/h9-10,16H,5-8H2,1-4H3. The average molecular weight is 310 g/mol. The van der Waals surface area contributed by atoms with E-state index in [2.05, 4.69) is 43.4 Å². The number of nitrogens with zero attached hydrogens (tertiary/aromatic N) is 2. The molecule has 0 atom stereocenters. The van der Waals surface area contributed by atoms with Gasteiger partial charge in [-0.1, -0.05) is 20.8 Å². The van der Waals surface area contributed by atoms with Gasteiger partial charge in [-0.2, -0.15) is 0 Å². The summed E-state index contributed by atoms with van der Waals surface area (Å²) in [5.41, 5.74) is 2.42. The second-order valence-corrected chi connectivity index (χ2v) is 7.62. The summed E-state index contributed by atoms with van der Waals surface area (Å²) < 4.78 is 0. The van der Waals surface area contributed by atoms with Crippen molar-refractivity contribution in [2.24, 2.45) is 5.92 Å². The van der Waals surface area contributed by atoms with Crippen LogP contribution in [0.15, 0.2) is 5.38 Å². The van der Waals surface area contributed by atoms with Gasteiger partial charge in [0.05, 0.1) is 21.4 Å². The first-order valence-corrected chi connectivity index (χ1v) is 8.87. The number of aryl methyl sites for hydroxylation is 1. The van der Waals surface area contributed by atoms with Crippen LogP contribution in [0.2, 0.25) is 0 Å². The molecule has 2 aromatic rings. The Kier molecular flexibility index (Phi) is 5.69. The Hall–Kier alpha value is -0.780. The van der Waals surface area contributed by atoms with Gasteiger partial charge in [0.15, 0.2) is 0 Å². The lowest BCUT2D eigenvalue weighted by molar-refractivity contribution is 0.626. The summed E-state index contributed by atoms with van der Waals surface area (Å²) in [5.74, 6) is 0.645. The fraction of sp³-hybridized carbons (Fsp3) is 0.600. The van der Waals surface area contributed by atoms with E-state index < -0.39 is 0 Å². The average Bonchev–Trinajstić information content (AvgIpc) is 2.93. The number of aromatic nitrogens is 2. The molecule has 0 unspecified atom stereocenters. The van der Waals surface area contributed by atoms with Crippen LogP contribution in [0.3, 0.4) is 0 Å². The van der Waals surface area contributed by atoms with Crippen LogP contribution in [-0.4, -0.2) is 16.5 Å². The third kappa shape index (κ3) is 4.36. The normalized spacial score (nSPS) is 11.4. The number of nitrogens with one attached hydrogen (secondary N) is 1. The van der Waals surface area contributed by atoms with Crippen molar-refractivity contribution < 1.29 is 0 Å². The van der Waals surface area contributed by atoms with Crippen molar-refractivity contribution in [3.8, 4) is 0 Å². The van der Waals surface area contributed by atoms with E-state index in [0.29, 0.717) is 5.92 Å². The fourth-order valence-electron chi connectivity index (χ4n) is 2.08. The second-order valence-electron chi connectivity index (χ2n) is 5.39. The molecule has 110 valence electrons. The van der Waals surface area contributed by atoms with Crippen molar-refractivity contribution in [1.29, 1.82) is 0 Å². The smallest absolute Gasteiger partial charge is 0.0991 e. The van der Waals surface area contributed by atoms with Crippen molar-refractivity contribution in [2.45, 2.75) is 47.1 Å². The topological polar surface area (TPSA) is 37.8 Å². The molecule has 20 heavy (non-hydrogen) atoms. The van der Waals surface area contributed by atoms with Gasteiger partial charge in [-0.25, -0.2) is 9.97 Å². The predicted molar refractivity (Wildman–Crippen MR) is 87.7 cm³/mol. The van der Waals surface area contributed by atoms with Gasteiger partial charge in [-0.15, -0.1) is 22.7 Å². The number of hydrogen-bond acceptors (Lipinski definition) is 5. The Labute approximate surface area is 129 Å². The zero-order chi connectivity index (χ0) is 14.5. The van der Waals surface area contributed by atoms with Crippen LogP contribution in [0.4, 0.5) is 0 Å². The van der Waals surface area contributed by atoms with E-state index in [9.17, 15) is 0 Å². The molecule has 0 radical (unpaired) electrons. The third-order valence-corrected chi connectivity index (χ3v) is 4.88. The molecule has 0 aromatic carbocycles. The molecule has 0 spiro atoms. The molecule has 1 N–H and O–H groups in total. The van der Waals surface area contributed by atoms with Gasteiger partial charge in [-0.05, 0) is 25.8 Å². The summed E-state index contributed by atoms with van der Waals surface area (Å²) in [4.78, 5) is 10.8. The second kappa shape index (κ2) is 7.29. The van der Waals surface area contributed by atoms with E-state index in [0.717, 1.165) is 36.6 Å². The van der Waals surface area contributed by atoms with E-state index >= 15 is 0 Å². The van der Waals surface area contributed by atoms with Crippen LogP contribution in [0.5, 0.6) is 0 Å². The maximum atomic E-state index is 4.85. The highest BCUT2D eigenvalue weighted by atomic mass is 32.1. The van der Waals surface area contributed by atoms with Crippen LogP contribution in [0.1, 0.15) is 47.1 Å². The van der Waals surface area contributed by atoms with E-state index in [-0.39, 0.29) is 0 Å². The molecule has 5 heteroatoms. The SMILES string of the molecule is CCNCc1sc(Cc2csc(C)n2)nc1CC(C)C. The van der Waals surface area contributed by atoms with Gasteiger partial charge >= 0.3 is 0 Å². The Morgan fingerprint density at radius 2 is 2.10 bits per heavy atom. The van der Waals surface area contributed by atoms with Gasteiger partial charge in [0.25, 0.3) is 0 Å². The van der Waals surface area contributed by atoms with Crippen LogP contribution in [0.25, 0.3) is 0 Å². The third-order valence-electron chi connectivity index (χ3n) is 2.96. The summed E-state index contributed by atoms with van der Waals surface area (Å²) in [6.07, 6.45) is 1.93. The summed E-state index contributed by atoms with van der Waals surface area (Å²) in [6.45, 7) is 10.6. The molecule has 0 aliphatic heterocycles. The zero-order valence-electron chi connectivity index (χ0n) is 12.7. The molecule has 2 heterocycles. The number of hydrogen-bond donors (Lipinski definition) is 1. The summed E-state index contributed by atoms with van der Waals surface area (Å²) >= 11 is 3.55. The zero-order valence-corrected chi connectivity index (χ0v) is 14.3. The van der Waals surface area contributed by atoms with E-state index in [1.54, 1.807) is 11.3 Å². The highest BCUT2D eigenvalue weighted by Crippen LogP contribution is 2.24. The van der Waals surface area contributed by atoms with Crippen molar-refractivity contribution in [1.82, 2.24) is 15.3 Å². The lowest BCUT2D eigenvalue weighted by atomic mass is 10.1. The Morgan fingerprint density at radius 3 is 2.70 bits per heavy atom. The number of rotatable bonds is 7. The molecular formula is C15H23N3S2. The molecule has 0 saturated carbocycles. The molecule has 0 fully saturated rings. The minimum absolute atomic E-state index is 0.645. The lowest BCUT2D eigenvalue weighted by Gasteiger charge is -2.04. The molecule has 0 bridgehead atoms. The van der Waals surface area contributed by atoms with Crippen LogP contribution in [0, 0.1) is 12.8 Å². The predicted octanol–water partition coefficient (Wildman–Crippen LogP) is 3.81. The van der Waals surface area contributed by atoms with E-state index in [1.807, 2.05) is 11.3 Å². The minimum atomic E-state index is 0.645. The monoisotopic (exact) mass is 309 g/mol. The first-order valence-electron chi connectivity index (χ1n) is 7.17. The Balaban J connectivity index is 2.14. The van der Waals surface area contributed by atoms with E-state index in [1.165, 1.54) is 15.6 Å². The summed E-state index contributed by atoms with van der Waals surface area (Å²) in [7, 11) is 0. The molecule has 3 nitrogen and oxygen atoms in total. The van der Waals surface area contributed by atoms with Gasteiger partial charge in [0.1, 0.15) is 0 Å². The van der Waals surface area contributed by atoms with Gasteiger partial charge in [-0.3, -0.25) is 0 Å². The molecule has 0 saturated heterocycles. The largest absolute Gasteiger partial charge is 0.312 e. The maximum Gasteiger partial charge on any atom is 0.0991 e. The molecule has 2 rings (SSSR count). The quantitative estimate of drug-likeness (QED) is 0.845. The van der Waals surface area contributed by atoms with Gasteiger partial charge in [0.2, 0.25) is 0 Å². The maximum absolute atomic E-state index is 4.85. The highest BCUT2D eigenvalue weighted by molar-refractivity contribution is 7.11. The first kappa shape index (κ1) is 15.6. The molecular weight excluding hydrogens is 286 g/mol. The summed E-state index contributed by atoms with van der Waals surface area (Å²) in [5, 5.41) is 7.88. The summed E-state index contributed by atoms with van der Waals surface area (Å²) in [6, 6.07) is 0. The highest BCUT2D eigenvalue weighted by Gasteiger charge is 2.13. The minimum Gasteiger partial charge on any atom is -0.312 e. The molecule has 0 aliphatic rings. The van der Waals surface area contributed by atoms with Crippen molar-refractivity contribution in [3.05, 3.63) is 31.7 Å². The first-order chi connectivity index (χ1) is 9.58. The molecule has 0 amide bonds. The molecule has 2 aromatic heterocycles. The Morgan fingerprint density at radius 1 is 1.30 bits per heavy atom. The van der Waals surface area contributed by atoms with Gasteiger partial charge < -0.3 is 5.32 Å².